The average Bonchev–Trinajstić information content (AvgIpc) is 3.16. The highest BCUT2D eigenvalue weighted by Gasteiger charge is 2.31. The van der Waals surface area contributed by atoms with Gasteiger partial charge < -0.3 is 10.1 Å². The quantitative estimate of drug-likeness (QED) is 0.562. The molecule has 5 nitrogen and oxygen atoms in total. The van der Waals surface area contributed by atoms with E-state index in [9.17, 15) is 18.0 Å². The number of hydrogen-bond acceptors (Lipinski definition) is 5. The van der Waals surface area contributed by atoms with Crippen molar-refractivity contribution in [1.82, 2.24) is 15.5 Å². The smallest absolute Gasteiger partial charge is 0.406 e. The molecule has 0 saturated heterocycles. The molecule has 0 saturated carbocycles. The van der Waals surface area contributed by atoms with Crippen LogP contribution in [0.25, 0.3) is 10.6 Å². The van der Waals surface area contributed by atoms with Crippen LogP contribution in [0.2, 0.25) is 0 Å². The van der Waals surface area contributed by atoms with Crippen molar-refractivity contribution in [2.75, 3.05) is 0 Å². The second-order valence-electron chi connectivity index (χ2n) is 6.65. The Morgan fingerprint density at radius 2 is 1.87 bits per heavy atom. The summed E-state index contributed by atoms with van der Waals surface area (Å²) in [4.78, 5) is 11.7. The van der Waals surface area contributed by atoms with Gasteiger partial charge in [-0.15, -0.1) is 23.4 Å². The molecule has 1 atom stereocenters. The van der Waals surface area contributed by atoms with Gasteiger partial charge in [0.2, 0.25) is 5.91 Å². The second kappa shape index (κ2) is 9.25. The maximum atomic E-state index is 12.5. The molecule has 30 heavy (non-hydrogen) atoms. The van der Waals surface area contributed by atoms with Crippen LogP contribution in [-0.2, 0) is 17.6 Å². The highest BCUT2D eigenvalue weighted by molar-refractivity contribution is 7.14. The van der Waals surface area contributed by atoms with Crippen LogP contribution in [0.3, 0.4) is 0 Å². The van der Waals surface area contributed by atoms with Crippen molar-refractivity contribution in [2.24, 2.45) is 0 Å². The first-order chi connectivity index (χ1) is 14.2. The second-order valence-corrected chi connectivity index (χ2v) is 7.66. The number of halogens is 3. The Bertz CT molecular complexity index is 1020. The number of alkyl halides is 3. The molecule has 2 aromatic carbocycles. The highest BCUT2D eigenvalue weighted by atomic mass is 32.1. The molecule has 1 amide bonds. The Labute approximate surface area is 175 Å². The van der Waals surface area contributed by atoms with Crippen molar-refractivity contribution in [3.63, 3.8) is 0 Å². The highest BCUT2D eigenvalue weighted by Crippen LogP contribution is 2.32. The molecule has 0 fully saturated rings. The molecule has 158 valence electrons. The van der Waals surface area contributed by atoms with Crippen molar-refractivity contribution in [3.8, 4) is 16.3 Å². The maximum absolute atomic E-state index is 12.5. The average molecular weight is 435 g/mol. The van der Waals surface area contributed by atoms with Crippen molar-refractivity contribution in [2.45, 2.75) is 39.1 Å². The van der Waals surface area contributed by atoms with Crippen LogP contribution in [0.15, 0.2) is 48.5 Å². The number of carbonyl (C=O) groups excluding carboxylic acids is 1. The van der Waals surface area contributed by atoms with Gasteiger partial charge in [0.05, 0.1) is 6.04 Å². The molecule has 1 unspecified atom stereocenters. The molecule has 0 aliphatic heterocycles. The lowest BCUT2D eigenvalue weighted by atomic mass is 10.0. The molecule has 3 aromatic rings. The minimum atomic E-state index is -4.77. The number of nitrogens with zero attached hydrogens (tertiary/aromatic N) is 2. The Morgan fingerprint density at radius 3 is 2.57 bits per heavy atom. The van der Waals surface area contributed by atoms with Crippen LogP contribution in [0.5, 0.6) is 5.75 Å². The molecule has 0 bridgehead atoms. The summed E-state index contributed by atoms with van der Waals surface area (Å²) in [6, 6.07) is 13.2. The van der Waals surface area contributed by atoms with Crippen LogP contribution in [0, 0.1) is 0 Å². The molecule has 1 N–H and O–H groups in total. The van der Waals surface area contributed by atoms with Crippen LogP contribution in [-0.4, -0.2) is 22.5 Å². The molecule has 9 heteroatoms. The van der Waals surface area contributed by atoms with E-state index in [1.165, 1.54) is 42.0 Å². The Kier molecular flexibility index (Phi) is 6.71. The lowest BCUT2D eigenvalue weighted by Crippen LogP contribution is -2.27. The van der Waals surface area contributed by atoms with Gasteiger partial charge in [0.15, 0.2) is 0 Å². The van der Waals surface area contributed by atoms with Gasteiger partial charge in [-0.3, -0.25) is 4.79 Å². The standard InChI is InChI=1S/C21H20F3N3O2S/c1-3-14-6-4-7-15(10-14)11-18(25-13(2)28)20-27-26-19(30-20)16-8-5-9-17(12-16)29-21(22,23)24/h4-10,12,18H,3,11H2,1-2H3,(H,25,28). The van der Waals surface area contributed by atoms with Crippen molar-refractivity contribution >= 4 is 17.2 Å². The van der Waals surface area contributed by atoms with Gasteiger partial charge in [0, 0.05) is 12.5 Å². The SMILES string of the molecule is CCc1cccc(CC(NC(C)=O)c2nnc(-c3cccc(OC(F)(F)F)c3)s2)c1. The van der Waals surface area contributed by atoms with Crippen LogP contribution in [0.4, 0.5) is 13.2 Å². The zero-order valence-corrected chi connectivity index (χ0v) is 17.2. The molecule has 0 aliphatic rings. The predicted octanol–water partition coefficient (Wildman–Crippen LogP) is 5.09. The number of rotatable bonds is 7. The van der Waals surface area contributed by atoms with E-state index < -0.39 is 12.4 Å². The minimum absolute atomic E-state index is 0.205. The summed E-state index contributed by atoms with van der Waals surface area (Å²) < 4.78 is 41.4. The molecule has 0 aliphatic carbocycles. The molecule has 1 aromatic heterocycles. The largest absolute Gasteiger partial charge is 0.573 e. The van der Waals surface area contributed by atoms with E-state index in [0.717, 1.165) is 12.0 Å². The van der Waals surface area contributed by atoms with E-state index in [0.29, 0.717) is 22.0 Å². The van der Waals surface area contributed by atoms with E-state index in [1.54, 1.807) is 6.07 Å². The Hall–Kier alpha value is -2.94. The predicted molar refractivity (Wildman–Crippen MR) is 108 cm³/mol. The van der Waals surface area contributed by atoms with Gasteiger partial charge in [0.25, 0.3) is 0 Å². The molecular weight excluding hydrogens is 415 g/mol. The molecule has 0 radical (unpaired) electrons. The van der Waals surface area contributed by atoms with Gasteiger partial charge in [-0.2, -0.15) is 0 Å². The van der Waals surface area contributed by atoms with E-state index in [-0.39, 0.29) is 11.7 Å². The summed E-state index contributed by atoms with van der Waals surface area (Å²) in [7, 11) is 0. The first-order valence-corrected chi connectivity index (χ1v) is 10.1. The number of aromatic nitrogens is 2. The summed E-state index contributed by atoms with van der Waals surface area (Å²) in [6.45, 7) is 3.49. The number of nitrogens with one attached hydrogen (secondary N) is 1. The zero-order valence-electron chi connectivity index (χ0n) is 16.4. The van der Waals surface area contributed by atoms with Crippen molar-refractivity contribution in [1.29, 1.82) is 0 Å². The monoisotopic (exact) mass is 435 g/mol. The summed E-state index contributed by atoms with van der Waals surface area (Å²) in [5.41, 5.74) is 2.69. The lowest BCUT2D eigenvalue weighted by molar-refractivity contribution is -0.274. The van der Waals surface area contributed by atoms with Gasteiger partial charge >= 0.3 is 6.36 Å². The third kappa shape index (κ3) is 6.03. The molecular formula is C21H20F3N3O2S. The van der Waals surface area contributed by atoms with E-state index in [4.69, 9.17) is 0 Å². The fourth-order valence-electron chi connectivity index (χ4n) is 2.98. The minimum Gasteiger partial charge on any atom is -0.406 e. The molecule has 3 rings (SSSR count). The fraction of sp³-hybridized carbons (Fsp3) is 0.286. The van der Waals surface area contributed by atoms with E-state index >= 15 is 0 Å². The van der Waals surface area contributed by atoms with Crippen molar-refractivity contribution in [3.05, 3.63) is 64.7 Å². The van der Waals surface area contributed by atoms with E-state index in [2.05, 4.69) is 33.2 Å². The van der Waals surface area contributed by atoms with Crippen LogP contribution < -0.4 is 10.1 Å². The number of amides is 1. The summed E-state index contributed by atoms with van der Waals surface area (Å²) in [5.74, 6) is -0.532. The zero-order chi connectivity index (χ0) is 21.7. The first kappa shape index (κ1) is 21.8. The summed E-state index contributed by atoms with van der Waals surface area (Å²) in [6.07, 6.45) is -3.34. The number of carbonyl (C=O) groups is 1. The van der Waals surface area contributed by atoms with E-state index in [1.807, 2.05) is 18.2 Å². The van der Waals surface area contributed by atoms with Gasteiger partial charge in [-0.05, 0) is 36.1 Å². The third-order valence-corrected chi connectivity index (χ3v) is 5.36. The van der Waals surface area contributed by atoms with Gasteiger partial charge in [-0.25, -0.2) is 0 Å². The summed E-state index contributed by atoms with van der Waals surface area (Å²) >= 11 is 1.22. The number of ether oxygens (including phenoxy) is 1. The lowest BCUT2D eigenvalue weighted by Gasteiger charge is -2.15. The normalized spacial score (nSPS) is 12.4. The topological polar surface area (TPSA) is 64.1 Å². The number of hydrogen-bond donors (Lipinski definition) is 1. The fourth-order valence-corrected chi connectivity index (χ4v) is 3.87. The van der Waals surface area contributed by atoms with Crippen LogP contribution in [0.1, 0.15) is 36.0 Å². The Balaban J connectivity index is 1.85. The number of aryl methyl sites for hydroxylation is 1. The first-order valence-electron chi connectivity index (χ1n) is 9.28. The Morgan fingerprint density at radius 1 is 1.13 bits per heavy atom. The molecule has 1 heterocycles. The third-order valence-electron chi connectivity index (χ3n) is 4.27. The number of benzene rings is 2. The van der Waals surface area contributed by atoms with Gasteiger partial charge in [-0.1, -0.05) is 54.7 Å². The molecule has 0 spiro atoms. The van der Waals surface area contributed by atoms with Crippen molar-refractivity contribution < 1.29 is 22.7 Å². The van der Waals surface area contributed by atoms with Gasteiger partial charge in [0.1, 0.15) is 15.8 Å². The maximum Gasteiger partial charge on any atom is 0.573 e. The summed E-state index contributed by atoms with van der Waals surface area (Å²) in [5, 5.41) is 12.2. The van der Waals surface area contributed by atoms with Crippen LogP contribution >= 0.6 is 11.3 Å².